The van der Waals surface area contributed by atoms with Crippen LogP contribution in [0.25, 0.3) is 76.5 Å². The number of fused-ring (bicyclic) bond motifs is 10. The van der Waals surface area contributed by atoms with Gasteiger partial charge in [0, 0.05) is 78.6 Å². The van der Waals surface area contributed by atoms with Gasteiger partial charge in [0.25, 0.3) is 0 Å². The number of benzene rings is 11. The second-order valence-electron chi connectivity index (χ2n) is 16.8. The summed E-state index contributed by atoms with van der Waals surface area (Å²) in [4.78, 5) is 4.63. The lowest BCUT2D eigenvalue weighted by Gasteiger charge is -2.31. The fourth-order valence-corrected chi connectivity index (χ4v) is 10.3. The lowest BCUT2D eigenvalue weighted by atomic mass is 9.88. The SMILES string of the molecule is c1ccc(N(c2ccccc2)c2ccc3c(c2)Oc2ccc4c5c(ccc-3c25)Oc2cc(N(c3ccc5oc6ccccc6c5c3)c3cc5ccccc5c5ccccc35)ccc2-4)cc1. The minimum atomic E-state index is 0.798. The van der Waals surface area contributed by atoms with Crippen molar-refractivity contribution in [3.8, 4) is 45.3 Å². The predicted molar refractivity (Wildman–Crippen MR) is 267 cm³/mol. The van der Waals surface area contributed by atoms with Gasteiger partial charge in [0.05, 0.1) is 5.69 Å². The molecule has 3 heterocycles. The highest BCUT2D eigenvalue weighted by Gasteiger charge is 2.30. The number of hydrogen-bond acceptors (Lipinski definition) is 5. The summed E-state index contributed by atoms with van der Waals surface area (Å²) in [5.41, 5.74) is 12.3. The van der Waals surface area contributed by atoms with Gasteiger partial charge in [-0.2, -0.15) is 0 Å². The highest BCUT2D eigenvalue weighted by molar-refractivity contribution is 6.17. The summed E-state index contributed by atoms with van der Waals surface area (Å²) >= 11 is 0. The molecule has 0 spiro atoms. The minimum absolute atomic E-state index is 0.798. The smallest absolute Gasteiger partial charge is 0.137 e. The summed E-state index contributed by atoms with van der Waals surface area (Å²) < 4.78 is 20.2. The van der Waals surface area contributed by atoms with Crippen LogP contribution in [0.3, 0.4) is 0 Å². The fourth-order valence-electron chi connectivity index (χ4n) is 10.3. The maximum absolute atomic E-state index is 7.00. The predicted octanol–water partition coefficient (Wildman–Crippen LogP) is 17.5. The molecule has 0 saturated carbocycles. The second-order valence-corrected chi connectivity index (χ2v) is 16.8. The average molecular weight is 833 g/mol. The molecule has 2 aliphatic heterocycles. The number of hydrogen-bond donors (Lipinski definition) is 0. The van der Waals surface area contributed by atoms with Crippen molar-refractivity contribution < 1.29 is 13.9 Å². The standard InChI is InChI=1S/C60H36N2O3/c1-3-14-38(15-4-1)61(39-16-5-2-6-17-39)41-23-26-47-49-28-32-56-60-50(29-31-55(59(49)60)64-57(47)35-41)48-27-24-42(36-58(48)65-56)62(40-25-30-54-51(34-40)46-21-11-12-22-53(46)63-54)52-33-37-13-7-8-18-43(37)44-19-9-10-20-45(44)52/h1-36H. The van der Waals surface area contributed by atoms with Crippen molar-refractivity contribution in [2.24, 2.45) is 0 Å². The largest absolute Gasteiger partial charge is 0.456 e. The van der Waals surface area contributed by atoms with Crippen molar-refractivity contribution in [3.63, 3.8) is 0 Å². The third-order valence-corrected chi connectivity index (χ3v) is 13.2. The first-order valence-electron chi connectivity index (χ1n) is 22.0. The van der Waals surface area contributed by atoms with Gasteiger partial charge in [-0.1, -0.05) is 103 Å². The van der Waals surface area contributed by atoms with E-state index in [2.05, 4.69) is 204 Å². The number of furan rings is 1. The van der Waals surface area contributed by atoms with Gasteiger partial charge in [-0.15, -0.1) is 0 Å². The van der Waals surface area contributed by atoms with Gasteiger partial charge >= 0.3 is 0 Å². The van der Waals surface area contributed by atoms with E-state index < -0.39 is 0 Å². The summed E-state index contributed by atoms with van der Waals surface area (Å²) in [5.74, 6) is 3.24. The first kappa shape index (κ1) is 35.8. The molecule has 0 atom stereocenters. The molecule has 0 aliphatic carbocycles. The van der Waals surface area contributed by atoms with Crippen LogP contribution in [-0.4, -0.2) is 0 Å². The van der Waals surface area contributed by atoms with E-state index in [-0.39, 0.29) is 0 Å². The van der Waals surface area contributed by atoms with Crippen molar-refractivity contribution >= 4 is 88.4 Å². The quantitative estimate of drug-likeness (QED) is 0.156. The summed E-state index contributed by atoms with van der Waals surface area (Å²) in [7, 11) is 0. The molecule has 11 aromatic carbocycles. The van der Waals surface area contributed by atoms with E-state index in [0.717, 1.165) is 117 Å². The summed E-state index contributed by atoms with van der Waals surface area (Å²) in [6.45, 7) is 0. The van der Waals surface area contributed by atoms with E-state index in [1.807, 2.05) is 24.3 Å². The van der Waals surface area contributed by atoms with Crippen LogP contribution < -0.4 is 19.3 Å². The molecule has 0 unspecified atom stereocenters. The molecule has 5 heteroatoms. The fraction of sp³-hybridized carbons (Fsp3) is 0. The molecule has 2 aliphatic rings. The molecule has 304 valence electrons. The molecule has 12 aromatic rings. The first-order chi connectivity index (χ1) is 32.2. The third kappa shape index (κ3) is 5.46. The van der Waals surface area contributed by atoms with Crippen LogP contribution >= 0.6 is 0 Å². The Kier molecular flexibility index (Phi) is 7.62. The van der Waals surface area contributed by atoms with E-state index in [1.54, 1.807) is 0 Å². The van der Waals surface area contributed by atoms with Gasteiger partial charge < -0.3 is 23.7 Å². The van der Waals surface area contributed by atoms with E-state index in [1.165, 1.54) is 16.2 Å². The number of rotatable bonds is 6. The van der Waals surface area contributed by atoms with Crippen LogP contribution in [0.1, 0.15) is 0 Å². The molecule has 0 saturated heterocycles. The highest BCUT2D eigenvalue weighted by Crippen LogP contribution is 2.57. The molecule has 0 bridgehead atoms. The van der Waals surface area contributed by atoms with E-state index in [9.17, 15) is 0 Å². The van der Waals surface area contributed by atoms with Gasteiger partial charge in [-0.25, -0.2) is 0 Å². The molecule has 14 rings (SSSR count). The summed E-state index contributed by atoms with van der Waals surface area (Å²) in [6.07, 6.45) is 0. The Morgan fingerprint density at radius 3 is 1.43 bits per heavy atom. The Labute approximate surface area is 374 Å². The van der Waals surface area contributed by atoms with Crippen LogP contribution in [0, 0.1) is 0 Å². The topological polar surface area (TPSA) is 38.1 Å². The molecule has 0 N–H and O–H groups in total. The van der Waals surface area contributed by atoms with Crippen molar-refractivity contribution in [3.05, 3.63) is 218 Å². The highest BCUT2D eigenvalue weighted by atomic mass is 16.5. The Morgan fingerprint density at radius 1 is 0.277 bits per heavy atom. The maximum Gasteiger partial charge on any atom is 0.137 e. The van der Waals surface area contributed by atoms with Gasteiger partial charge in [0.1, 0.15) is 34.2 Å². The van der Waals surface area contributed by atoms with E-state index in [0.29, 0.717) is 0 Å². The normalized spacial score (nSPS) is 12.2. The van der Waals surface area contributed by atoms with Crippen LogP contribution in [0.4, 0.5) is 34.1 Å². The van der Waals surface area contributed by atoms with Crippen molar-refractivity contribution in [1.29, 1.82) is 0 Å². The number of nitrogens with zero attached hydrogens (tertiary/aromatic N) is 2. The van der Waals surface area contributed by atoms with Crippen LogP contribution in [0.2, 0.25) is 0 Å². The van der Waals surface area contributed by atoms with E-state index >= 15 is 0 Å². The molecule has 0 fully saturated rings. The zero-order valence-electron chi connectivity index (χ0n) is 34.9. The first-order valence-corrected chi connectivity index (χ1v) is 22.0. The zero-order valence-corrected chi connectivity index (χ0v) is 34.9. The number of para-hydroxylation sites is 3. The maximum atomic E-state index is 7.00. The van der Waals surface area contributed by atoms with Crippen LogP contribution in [-0.2, 0) is 0 Å². The lowest BCUT2D eigenvalue weighted by molar-refractivity contribution is 0.480. The van der Waals surface area contributed by atoms with E-state index in [4.69, 9.17) is 13.9 Å². The molecule has 5 nitrogen and oxygen atoms in total. The Morgan fingerprint density at radius 2 is 0.769 bits per heavy atom. The zero-order chi connectivity index (χ0) is 42.6. The summed E-state index contributed by atoms with van der Waals surface area (Å²) in [5, 5.41) is 9.03. The van der Waals surface area contributed by atoms with Crippen LogP contribution in [0.15, 0.2) is 223 Å². The van der Waals surface area contributed by atoms with Gasteiger partial charge in [0.15, 0.2) is 0 Å². The summed E-state index contributed by atoms with van der Waals surface area (Å²) in [6, 6.07) is 77.1. The van der Waals surface area contributed by atoms with Gasteiger partial charge in [0.2, 0.25) is 0 Å². The second kappa shape index (κ2) is 13.9. The van der Waals surface area contributed by atoms with Gasteiger partial charge in [-0.3, -0.25) is 0 Å². The lowest BCUT2D eigenvalue weighted by Crippen LogP contribution is -2.11. The Balaban J connectivity index is 0.912. The molecular formula is C60H36N2O3. The Hall–Kier alpha value is -8.80. The molecule has 65 heavy (non-hydrogen) atoms. The monoisotopic (exact) mass is 832 g/mol. The Bertz CT molecular complexity index is 3870. The number of anilines is 6. The van der Waals surface area contributed by atoms with Crippen LogP contribution in [0.5, 0.6) is 23.0 Å². The molecule has 1 aromatic heterocycles. The van der Waals surface area contributed by atoms with Crippen molar-refractivity contribution in [2.45, 2.75) is 0 Å². The minimum Gasteiger partial charge on any atom is -0.456 e. The van der Waals surface area contributed by atoms with Crippen molar-refractivity contribution in [2.75, 3.05) is 9.80 Å². The average Bonchev–Trinajstić information content (AvgIpc) is 3.74. The molecular weight excluding hydrogens is 797 g/mol. The van der Waals surface area contributed by atoms with Gasteiger partial charge in [-0.05, 0) is 130 Å². The molecule has 0 radical (unpaired) electrons. The number of ether oxygens (including phenoxy) is 2. The molecule has 0 amide bonds. The van der Waals surface area contributed by atoms with Crippen molar-refractivity contribution in [1.82, 2.24) is 0 Å². The third-order valence-electron chi connectivity index (χ3n) is 13.2.